The van der Waals surface area contributed by atoms with E-state index in [4.69, 9.17) is 19.3 Å². The zero-order valence-corrected chi connectivity index (χ0v) is 25.6. The van der Waals surface area contributed by atoms with Crippen molar-refractivity contribution in [2.45, 2.75) is 110 Å². The predicted molar refractivity (Wildman–Crippen MR) is 153 cm³/mol. The van der Waals surface area contributed by atoms with Crippen LogP contribution in [0.4, 0.5) is 18.4 Å². The molecule has 236 valence electrons. The second-order valence-electron chi connectivity index (χ2n) is 12.2. The summed E-state index contributed by atoms with van der Waals surface area (Å²) in [6.45, 7) is 11.7. The first-order chi connectivity index (χ1) is 19.1. The van der Waals surface area contributed by atoms with E-state index in [-0.39, 0.29) is 25.7 Å². The fourth-order valence-electron chi connectivity index (χ4n) is 4.11. The van der Waals surface area contributed by atoms with E-state index in [1.165, 1.54) is 9.80 Å². The maximum Gasteiger partial charge on any atom is 0.410 e. The lowest BCUT2D eigenvalue weighted by molar-refractivity contribution is -0.00454. The van der Waals surface area contributed by atoms with E-state index < -0.39 is 41.8 Å². The molecule has 4 unspecified atom stereocenters. The van der Waals surface area contributed by atoms with E-state index in [0.29, 0.717) is 38.8 Å². The molecular formula is C30H50F2N2O7. The van der Waals surface area contributed by atoms with Crippen molar-refractivity contribution in [2.24, 2.45) is 0 Å². The second kappa shape index (κ2) is 17.5. The molecule has 9 nitrogen and oxygen atoms in total. The number of likely N-dealkylation sites (tertiary alicyclic amines) is 2. The number of amides is 2. The van der Waals surface area contributed by atoms with Crippen molar-refractivity contribution in [1.82, 2.24) is 9.80 Å². The van der Waals surface area contributed by atoms with Crippen LogP contribution >= 0.6 is 0 Å². The third-order valence-corrected chi connectivity index (χ3v) is 5.94. The number of β-amino-alcohol motifs (C(OH)–C–C–N with tert-alkyl or cyclic N) is 1. The van der Waals surface area contributed by atoms with E-state index in [1.54, 1.807) is 41.5 Å². The zero-order chi connectivity index (χ0) is 31.2. The molecule has 2 N–H and O–H groups in total. The van der Waals surface area contributed by atoms with E-state index >= 15 is 0 Å². The SMILES string of the molecule is CC(C)(C)OC(=O)N1CC(F)CCC(OCc2ccccc2)C1.CC(C)(C)OC(=O)N1CC(O)CCC(F)C1.CO. The third-order valence-electron chi connectivity index (χ3n) is 5.94. The quantitative estimate of drug-likeness (QED) is 0.496. The molecule has 2 amide bonds. The molecule has 11 heteroatoms. The summed E-state index contributed by atoms with van der Waals surface area (Å²) < 4.78 is 43.6. The van der Waals surface area contributed by atoms with Crippen LogP contribution in [0.25, 0.3) is 0 Å². The Morgan fingerprint density at radius 2 is 1.24 bits per heavy atom. The summed E-state index contributed by atoms with van der Waals surface area (Å²) in [4.78, 5) is 26.6. The van der Waals surface area contributed by atoms with E-state index in [0.717, 1.165) is 12.7 Å². The summed E-state index contributed by atoms with van der Waals surface area (Å²) in [5, 5.41) is 16.5. The topological polar surface area (TPSA) is 109 Å². The minimum atomic E-state index is -1.08. The average molecular weight is 589 g/mol. The van der Waals surface area contributed by atoms with Gasteiger partial charge in [0.25, 0.3) is 0 Å². The fourth-order valence-corrected chi connectivity index (χ4v) is 4.11. The number of alkyl halides is 2. The fraction of sp³-hybridized carbons (Fsp3) is 0.733. The van der Waals surface area contributed by atoms with Crippen LogP contribution in [-0.2, 0) is 20.8 Å². The van der Waals surface area contributed by atoms with Crippen molar-refractivity contribution >= 4 is 12.2 Å². The summed E-state index contributed by atoms with van der Waals surface area (Å²) >= 11 is 0. The Labute approximate surface area is 243 Å². The molecular weight excluding hydrogens is 538 g/mol. The Kier molecular flexibility index (Phi) is 15.5. The molecule has 41 heavy (non-hydrogen) atoms. The summed E-state index contributed by atoms with van der Waals surface area (Å²) in [7, 11) is 1.00. The minimum absolute atomic E-state index is 0.00593. The number of ether oxygens (including phenoxy) is 3. The van der Waals surface area contributed by atoms with Gasteiger partial charge in [0, 0.05) is 7.11 Å². The van der Waals surface area contributed by atoms with Gasteiger partial charge < -0.3 is 34.2 Å². The molecule has 2 aliphatic rings. The highest BCUT2D eigenvalue weighted by atomic mass is 19.1. The van der Waals surface area contributed by atoms with Gasteiger partial charge in [-0.25, -0.2) is 18.4 Å². The van der Waals surface area contributed by atoms with Crippen LogP contribution in [0.15, 0.2) is 30.3 Å². The highest BCUT2D eigenvalue weighted by Crippen LogP contribution is 2.20. The Hall–Kier alpha value is -2.50. The normalized spacial score (nSPS) is 23.5. The summed E-state index contributed by atoms with van der Waals surface area (Å²) in [5.41, 5.74) is -0.118. The van der Waals surface area contributed by atoms with Crippen LogP contribution in [0.2, 0.25) is 0 Å². The highest BCUT2D eigenvalue weighted by molar-refractivity contribution is 5.68. The monoisotopic (exact) mass is 588 g/mol. The molecule has 0 spiro atoms. The van der Waals surface area contributed by atoms with Crippen LogP contribution in [0, 0.1) is 0 Å². The van der Waals surface area contributed by atoms with Crippen LogP contribution in [-0.4, -0.2) is 101 Å². The Balaban J connectivity index is 0.000000410. The smallest absolute Gasteiger partial charge is 0.410 e. The lowest BCUT2D eigenvalue weighted by Crippen LogP contribution is -2.42. The molecule has 2 fully saturated rings. The van der Waals surface area contributed by atoms with E-state index in [1.807, 2.05) is 30.3 Å². The van der Waals surface area contributed by atoms with E-state index in [9.17, 15) is 23.5 Å². The van der Waals surface area contributed by atoms with Gasteiger partial charge >= 0.3 is 12.2 Å². The van der Waals surface area contributed by atoms with Gasteiger partial charge in [-0.2, -0.15) is 0 Å². The number of rotatable bonds is 3. The summed E-state index contributed by atoms with van der Waals surface area (Å²) in [5.74, 6) is 0. The number of carbonyl (C=O) groups is 2. The summed E-state index contributed by atoms with van der Waals surface area (Å²) in [6, 6.07) is 9.83. The van der Waals surface area contributed by atoms with Gasteiger partial charge in [-0.15, -0.1) is 0 Å². The van der Waals surface area contributed by atoms with Crippen LogP contribution < -0.4 is 0 Å². The molecule has 0 bridgehead atoms. The van der Waals surface area contributed by atoms with Crippen molar-refractivity contribution < 1.29 is 42.8 Å². The third kappa shape index (κ3) is 15.9. The number of aliphatic hydroxyl groups is 2. The molecule has 0 saturated carbocycles. The molecule has 0 aromatic heterocycles. The van der Waals surface area contributed by atoms with Gasteiger partial charge in [0.15, 0.2) is 0 Å². The van der Waals surface area contributed by atoms with Gasteiger partial charge in [-0.1, -0.05) is 30.3 Å². The molecule has 1 aromatic carbocycles. The van der Waals surface area contributed by atoms with Crippen molar-refractivity contribution in [3.8, 4) is 0 Å². The lowest BCUT2D eigenvalue weighted by Gasteiger charge is -2.28. The first-order valence-electron chi connectivity index (χ1n) is 14.1. The predicted octanol–water partition coefficient (Wildman–Crippen LogP) is 5.27. The van der Waals surface area contributed by atoms with Crippen LogP contribution in [0.3, 0.4) is 0 Å². The maximum absolute atomic E-state index is 13.9. The van der Waals surface area contributed by atoms with Gasteiger partial charge in [0.1, 0.15) is 23.5 Å². The second-order valence-corrected chi connectivity index (χ2v) is 12.2. The van der Waals surface area contributed by atoms with Crippen LogP contribution in [0.1, 0.15) is 72.8 Å². The van der Waals surface area contributed by atoms with Crippen molar-refractivity contribution in [1.29, 1.82) is 0 Å². The molecule has 4 atom stereocenters. The molecule has 1 aromatic rings. The highest BCUT2D eigenvalue weighted by Gasteiger charge is 2.31. The van der Waals surface area contributed by atoms with Crippen molar-refractivity contribution in [3.05, 3.63) is 35.9 Å². The number of hydrogen-bond donors (Lipinski definition) is 2. The largest absolute Gasteiger partial charge is 0.444 e. The number of nitrogens with zero attached hydrogens (tertiary/aromatic N) is 2. The Morgan fingerprint density at radius 3 is 1.73 bits per heavy atom. The number of benzene rings is 1. The minimum Gasteiger partial charge on any atom is -0.444 e. The first kappa shape index (κ1) is 36.5. The van der Waals surface area contributed by atoms with Gasteiger partial charge in [-0.3, -0.25) is 0 Å². The maximum atomic E-state index is 13.9. The van der Waals surface area contributed by atoms with Crippen molar-refractivity contribution in [2.75, 3.05) is 33.3 Å². The Morgan fingerprint density at radius 1 is 0.780 bits per heavy atom. The molecule has 3 rings (SSSR count). The van der Waals surface area contributed by atoms with Gasteiger partial charge in [0.05, 0.1) is 45.0 Å². The molecule has 2 aliphatic heterocycles. The molecule has 2 heterocycles. The zero-order valence-electron chi connectivity index (χ0n) is 25.6. The van der Waals surface area contributed by atoms with Gasteiger partial charge in [0.2, 0.25) is 0 Å². The molecule has 0 aliphatic carbocycles. The number of carbonyl (C=O) groups excluding carboxylic acids is 2. The van der Waals surface area contributed by atoms with Crippen LogP contribution in [0.5, 0.6) is 0 Å². The van der Waals surface area contributed by atoms with Gasteiger partial charge in [-0.05, 0) is 72.8 Å². The standard InChI is InChI=1S/C18H26FNO3.C11H20FNO3.CH4O/c1-18(2,3)23-17(21)20-11-15(19)9-10-16(12-20)22-13-14-7-5-4-6-8-14;1-11(2,3)16-10(15)13-6-8(12)4-5-9(14)7-13;1-2/h4-8,15-16H,9-13H2,1-3H3;8-9,14H,4-7H2,1-3H3;2H,1H3. The summed E-state index contributed by atoms with van der Waals surface area (Å²) in [6.07, 6.45) is -2.30. The van der Waals surface area contributed by atoms with Crippen molar-refractivity contribution in [3.63, 3.8) is 0 Å². The molecule has 2 saturated heterocycles. The number of hydrogen-bond acceptors (Lipinski definition) is 7. The van der Waals surface area contributed by atoms with E-state index in [2.05, 4.69) is 0 Å². The number of halogens is 2. The Bertz CT molecular complexity index is 881. The number of aliphatic hydroxyl groups excluding tert-OH is 2. The lowest BCUT2D eigenvalue weighted by atomic mass is 10.1. The first-order valence-corrected chi connectivity index (χ1v) is 14.1. The average Bonchev–Trinajstić information content (AvgIpc) is 3.18. The molecule has 0 radical (unpaired) electrons.